The number of nitrogens with zero attached hydrogens (tertiary/aromatic N) is 4. The van der Waals surface area contributed by atoms with Gasteiger partial charge in [-0.25, -0.2) is 4.98 Å². The Morgan fingerprint density at radius 2 is 2.10 bits per heavy atom. The van der Waals surface area contributed by atoms with Gasteiger partial charge in [-0.05, 0) is 35.8 Å². The second-order valence-corrected chi connectivity index (χ2v) is 5.81. The van der Waals surface area contributed by atoms with Crippen molar-refractivity contribution >= 4 is 15.9 Å². The first-order chi connectivity index (χ1) is 10.2. The molecule has 2 aromatic heterocycles. The van der Waals surface area contributed by atoms with Crippen LogP contribution in [0.1, 0.15) is 37.9 Å². The van der Waals surface area contributed by atoms with Gasteiger partial charge in [-0.1, -0.05) is 13.8 Å². The van der Waals surface area contributed by atoms with E-state index in [0.717, 1.165) is 54.9 Å². The number of rotatable bonds is 8. The zero-order valence-corrected chi connectivity index (χ0v) is 14.7. The smallest absolute Gasteiger partial charge is 0.0953 e. The molecule has 2 rings (SSSR count). The summed E-state index contributed by atoms with van der Waals surface area (Å²) in [7, 11) is 0. The molecule has 6 heteroatoms. The summed E-state index contributed by atoms with van der Waals surface area (Å²) in [6.45, 7) is 10.0. The Labute approximate surface area is 134 Å². The van der Waals surface area contributed by atoms with Gasteiger partial charge in [0.1, 0.15) is 0 Å². The molecule has 0 fully saturated rings. The van der Waals surface area contributed by atoms with Crippen molar-refractivity contribution < 1.29 is 0 Å². The van der Waals surface area contributed by atoms with Gasteiger partial charge >= 0.3 is 0 Å². The van der Waals surface area contributed by atoms with E-state index in [0.29, 0.717) is 0 Å². The first kappa shape index (κ1) is 16.2. The lowest BCUT2D eigenvalue weighted by Crippen LogP contribution is -2.16. The number of nitrogens with one attached hydrogen (secondary N) is 1. The van der Waals surface area contributed by atoms with Crippen LogP contribution in [0.25, 0.3) is 0 Å². The highest BCUT2D eigenvalue weighted by atomic mass is 79.9. The Hall–Kier alpha value is -1.14. The second-order valence-electron chi connectivity index (χ2n) is 5.02. The highest BCUT2D eigenvalue weighted by Gasteiger charge is 2.14. The molecule has 0 saturated carbocycles. The Balaban J connectivity index is 2.09. The number of hydrogen-bond donors (Lipinski definition) is 1. The number of aryl methyl sites for hydroxylation is 2. The number of aromatic nitrogens is 4. The Morgan fingerprint density at radius 3 is 2.76 bits per heavy atom. The molecule has 0 unspecified atom stereocenters. The van der Waals surface area contributed by atoms with Crippen LogP contribution >= 0.6 is 15.9 Å². The van der Waals surface area contributed by atoms with Crippen LogP contribution in [0, 0.1) is 0 Å². The zero-order chi connectivity index (χ0) is 15.2. The second kappa shape index (κ2) is 7.75. The number of hydrogen-bond acceptors (Lipinski definition) is 3. The highest BCUT2D eigenvalue weighted by molar-refractivity contribution is 9.10. The minimum Gasteiger partial charge on any atom is -0.331 e. The minimum atomic E-state index is 0.801. The maximum atomic E-state index is 4.64. The third kappa shape index (κ3) is 3.95. The van der Waals surface area contributed by atoms with Gasteiger partial charge in [-0.3, -0.25) is 4.68 Å². The first-order valence-corrected chi connectivity index (χ1v) is 8.44. The molecule has 2 aromatic rings. The molecule has 0 radical (unpaired) electrons. The van der Waals surface area contributed by atoms with Crippen molar-refractivity contribution in [3.8, 4) is 0 Å². The average molecular weight is 354 g/mol. The van der Waals surface area contributed by atoms with Crippen LogP contribution in [0.4, 0.5) is 0 Å². The molecule has 0 spiro atoms. The van der Waals surface area contributed by atoms with E-state index in [9.17, 15) is 0 Å². The van der Waals surface area contributed by atoms with Gasteiger partial charge in [0, 0.05) is 25.7 Å². The molecule has 0 saturated heterocycles. The van der Waals surface area contributed by atoms with Crippen molar-refractivity contribution in [2.45, 2.75) is 46.7 Å². The Kier molecular flexibility index (Phi) is 5.99. The van der Waals surface area contributed by atoms with Crippen molar-refractivity contribution in [2.24, 2.45) is 0 Å². The van der Waals surface area contributed by atoms with Crippen molar-refractivity contribution in [3.63, 3.8) is 0 Å². The molecule has 0 aromatic carbocycles. The van der Waals surface area contributed by atoms with Crippen LogP contribution < -0.4 is 5.32 Å². The fourth-order valence-corrected chi connectivity index (χ4v) is 3.05. The van der Waals surface area contributed by atoms with Crippen LogP contribution in [0.5, 0.6) is 0 Å². The van der Waals surface area contributed by atoms with E-state index in [1.54, 1.807) is 0 Å². The molecule has 0 amide bonds. The normalized spacial score (nSPS) is 11.2. The Morgan fingerprint density at radius 1 is 1.29 bits per heavy atom. The number of halogens is 1. The molecular formula is C15H24BrN5. The quantitative estimate of drug-likeness (QED) is 0.742. The predicted octanol–water partition coefficient (Wildman–Crippen LogP) is 2.62. The molecule has 0 atom stereocenters. The molecule has 2 heterocycles. The summed E-state index contributed by atoms with van der Waals surface area (Å²) in [5.41, 5.74) is 3.47. The maximum absolute atomic E-state index is 4.64. The summed E-state index contributed by atoms with van der Waals surface area (Å²) in [5, 5.41) is 7.96. The SMILES string of the molecule is CCNCCc1cn(Cc2c(Br)c(CC)nn2CC)cn1. The van der Waals surface area contributed by atoms with Crippen molar-refractivity contribution in [1.29, 1.82) is 0 Å². The van der Waals surface area contributed by atoms with Crippen LogP contribution in [0.2, 0.25) is 0 Å². The number of likely N-dealkylation sites (N-methyl/N-ethyl adjacent to an activating group) is 1. The fourth-order valence-electron chi connectivity index (χ4n) is 2.36. The molecule has 0 bridgehead atoms. The summed E-state index contributed by atoms with van der Waals surface area (Å²) in [6, 6.07) is 0. The molecule has 0 aliphatic carbocycles. The molecular weight excluding hydrogens is 330 g/mol. The van der Waals surface area contributed by atoms with Crippen LogP contribution in [-0.2, 0) is 25.9 Å². The minimum absolute atomic E-state index is 0.801. The van der Waals surface area contributed by atoms with Crippen molar-refractivity contribution in [3.05, 3.63) is 34.1 Å². The lowest BCUT2D eigenvalue weighted by Gasteiger charge is -2.06. The third-order valence-corrected chi connectivity index (χ3v) is 4.44. The molecule has 0 aliphatic heterocycles. The van der Waals surface area contributed by atoms with E-state index in [2.05, 4.69) is 67.5 Å². The first-order valence-electron chi connectivity index (χ1n) is 7.64. The summed E-state index contributed by atoms with van der Waals surface area (Å²) in [5.74, 6) is 0. The largest absolute Gasteiger partial charge is 0.331 e. The lowest BCUT2D eigenvalue weighted by molar-refractivity contribution is 0.593. The molecule has 0 aliphatic rings. The fraction of sp³-hybridized carbons (Fsp3) is 0.600. The standard InChI is InChI=1S/C15H24BrN5/c1-4-13-15(16)14(21(6-3)19-13)10-20-9-12(18-11-20)7-8-17-5-2/h9,11,17H,4-8,10H2,1-3H3. The average Bonchev–Trinajstić information content (AvgIpc) is 3.05. The molecule has 5 nitrogen and oxygen atoms in total. The van der Waals surface area contributed by atoms with Gasteiger partial charge in [-0.15, -0.1) is 0 Å². The summed E-state index contributed by atoms with van der Waals surface area (Å²) >= 11 is 3.69. The lowest BCUT2D eigenvalue weighted by atomic mass is 10.3. The van der Waals surface area contributed by atoms with Crippen molar-refractivity contribution in [2.75, 3.05) is 13.1 Å². The van der Waals surface area contributed by atoms with Gasteiger partial charge in [0.2, 0.25) is 0 Å². The van der Waals surface area contributed by atoms with Crippen LogP contribution in [0.3, 0.4) is 0 Å². The van der Waals surface area contributed by atoms with E-state index in [4.69, 9.17) is 0 Å². The van der Waals surface area contributed by atoms with Crippen LogP contribution in [0.15, 0.2) is 17.0 Å². The van der Waals surface area contributed by atoms with Gasteiger partial charge < -0.3 is 9.88 Å². The van der Waals surface area contributed by atoms with Gasteiger partial charge in [0.05, 0.1) is 34.4 Å². The van der Waals surface area contributed by atoms with Crippen LogP contribution in [-0.4, -0.2) is 32.4 Å². The third-order valence-electron chi connectivity index (χ3n) is 3.52. The predicted molar refractivity (Wildman–Crippen MR) is 88.6 cm³/mol. The van der Waals surface area contributed by atoms with Gasteiger partial charge in [-0.2, -0.15) is 5.10 Å². The monoisotopic (exact) mass is 353 g/mol. The molecule has 21 heavy (non-hydrogen) atoms. The van der Waals surface area contributed by atoms with Crippen molar-refractivity contribution in [1.82, 2.24) is 24.6 Å². The summed E-state index contributed by atoms with van der Waals surface area (Å²) in [6.07, 6.45) is 5.95. The van der Waals surface area contributed by atoms with Gasteiger partial charge in [0.25, 0.3) is 0 Å². The summed E-state index contributed by atoms with van der Waals surface area (Å²) in [4.78, 5) is 4.47. The zero-order valence-electron chi connectivity index (χ0n) is 13.1. The molecule has 116 valence electrons. The van der Waals surface area contributed by atoms with E-state index >= 15 is 0 Å². The number of imidazole rings is 1. The maximum Gasteiger partial charge on any atom is 0.0953 e. The molecule has 1 N–H and O–H groups in total. The van der Waals surface area contributed by atoms with E-state index in [1.807, 2.05) is 6.33 Å². The topological polar surface area (TPSA) is 47.7 Å². The van der Waals surface area contributed by atoms with Gasteiger partial charge in [0.15, 0.2) is 0 Å². The van der Waals surface area contributed by atoms with E-state index < -0.39 is 0 Å². The highest BCUT2D eigenvalue weighted by Crippen LogP contribution is 2.23. The van der Waals surface area contributed by atoms with E-state index in [1.165, 1.54) is 5.69 Å². The van der Waals surface area contributed by atoms with E-state index in [-0.39, 0.29) is 0 Å². The summed E-state index contributed by atoms with van der Waals surface area (Å²) < 4.78 is 5.34. The Bertz CT molecular complexity index is 573.